The molecule has 0 atom stereocenters. The first-order chi connectivity index (χ1) is 9.25. The summed E-state index contributed by atoms with van der Waals surface area (Å²) in [7, 11) is 1.92. The van der Waals surface area contributed by atoms with Crippen LogP contribution in [0.25, 0.3) is 10.8 Å². The van der Waals surface area contributed by atoms with Gasteiger partial charge in [0.15, 0.2) is 0 Å². The fourth-order valence-electron chi connectivity index (χ4n) is 2.90. The van der Waals surface area contributed by atoms with E-state index >= 15 is 0 Å². The Balaban J connectivity index is 1.88. The highest BCUT2D eigenvalue weighted by molar-refractivity contribution is 5.98. The Labute approximate surface area is 114 Å². The van der Waals surface area contributed by atoms with Gasteiger partial charge in [0.2, 0.25) is 0 Å². The average Bonchev–Trinajstić information content (AvgIpc) is 2.99. The van der Waals surface area contributed by atoms with E-state index in [0.717, 1.165) is 23.6 Å². The number of hydrogen-bond acceptors (Lipinski definition) is 1. The smallest absolute Gasteiger partial charge is 0.254 e. The molecule has 1 saturated carbocycles. The summed E-state index contributed by atoms with van der Waals surface area (Å²) in [5.74, 6) is 0.0950. The van der Waals surface area contributed by atoms with Crippen LogP contribution < -0.4 is 0 Å². The first-order valence-electron chi connectivity index (χ1n) is 6.93. The van der Waals surface area contributed by atoms with E-state index in [1.807, 2.05) is 48.3 Å². The van der Waals surface area contributed by atoms with Gasteiger partial charge in [-0.25, -0.2) is 0 Å². The molecule has 1 radical (unpaired) electrons. The second-order valence-electron chi connectivity index (χ2n) is 5.33. The quantitative estimate of drug-likeness (QED) is 0.798. The normalized spacial score (nSPS) is 15.8. The number of amides is 1. The van der Waals surface area contributed by atoms with E-state index in [2.05, 4.69) is 6.07 Å². The predicted octanol–water partition coefficient (Wildman–Crippen LogP) is 3.65. The number of carbonyl (C=O) groups is 1. The van der Waals surface area contributed by atoms with Crippen molar-refractivity contribution in [2.75, 3.05) is 7.05 Å². The summed E-state index contributed by atoms with van der Waals surface area (Å²) in [6, 6.07) is 15.5. The summed E-state index contributed by atoms with van der Waals surface area (Å²) in [6.07, 6.45) is 4.75. The van der Waals surface area contributed by atoms with Crippen LogP contribution >= 0.6 is 0 Å². The van der Waals surface area contributed by atoms with Gasteiger partial charge in [-0.05, 0) is 41.8 Å². The summed E-state index contributed by atoms with van der Waals surface area (Å²) in [4.78, 5) is 14.4. The maximum absolute atomic E-state index is 12.5. The van der Waals surface area contributed by atoms with E-state index in [0.29, 0.717) is 11.6 Å². The van der Waals surface area contributed by atoms with Crippen LogP contribution in [-0.2, 0) is 0 Å². The van der Waals surface area contributed by atoms with Gasteiger partial charge in [0.05, 0.1) is 0 Å². The van der Waals surface area contributed by atoms with Crippen molar-refractivity contribution in [1.82, 2.24) is 4.90 Å². The molecule has 97 valence electrons. The van der Waals surface area contributed by atoms with E-state index in [-0.39, 0.29) is 5.91 Å². The molecule has 2 nitrogen and oxygen atoms in total. The molecule has 0 spiro atoms. The maximum atomic E-state index is 12.5. The molecule has 0 aromatic heterocycles. The molecule has 0 unspecified atom stereocenters. The molecule has 3 rings (SSSR count). The molecule has 1 aliphatic carbocycles. The predicted molar refractivity (Wildman–Crippen MR) is 77.1 cm³/mol. The van der Waals surface area contributed by atoms with Crippen molar-refractivity contribution in [2.45, 2.75) is 31.7 Å². The van der Waals surface area contributed by atoms with Crippen molar-refractivity contribution in [2.24, 2.45) is 0 Å². The van der Waals surface area contributed by atoms with Gasteiger partial charge in [-0.3, -0.25) is 4.79 Å². The van der Waals surface area contributed by atoms with Crippen LogP contribution in [0.5, 0.6) is 0 Å². The van der Waals surface area contributed by atoms with Crippen molar-refractivity contribution in [1.29, 1.82) is 0 Å². The lowest BCUT2D eigenvalue weighted by molar-refractivity contribution is 0.0735. The van der Waals surface area contributed by atoms with Crippen molar-refractivity contribution < 1.29 is 4.79 Å². The van der Waals surface area contributed by atoms with E-state index in [4.69, 9.17) is 0 Å². The zero-order valence-corrected chi connectivity index (χ0v) is 11.2. The highest BCUT2D eigenvalue weighted by Gasteiger charge is 2.24. The van der Waals surface area contributed by atoms with Crippen LogP contribution in [0.15, 0.2) is 36.4 Å². The molecule has 0 saturated heterocycles. The lowest BCUT2D eigenvalue weighted by atomic mass is 10.1. The van der Waals surface area contributed by atoms with Gasteiger partial charge in [-0.1, -0.05) is 37.1 Å². The third kappa shape index (κ3) is 2.35. The Morgan fingerprint density at radius 2 is 1.89 bits per heavy atom. The Bertz CT molecular complexity index is 599. The Morgan fingerprint density at radius 1 is 1.21 bits per heavy atom. The minimum atomic E-state index is 0.0950. The van der Waals surface area contributed by atoms with Crippen molar-refractivity contribution >= 4 is 16.7 Å². The van der Waals surface area contributed by atoms with E-state index in [9.17, 15) is 4.79 Å². The van der Waals surface area contributed by atoms with Crippen molar-refractivity contribution in [3.05, 3.63) is 48.0 Å². The molecule has 1 aliphatic rings. The lowest BCUT2D eigenvalue weighted by Crippen LogP contribution is -2.35. The molecule has 2 heteroatoms. The summed E-state index contributed by atoms with van der Waals surface area (Å²) >= 11 is 0. The number of benzene rings is 2. The van der Waals surface area contributed by atoms with Crippen LogP contribution in [0.3, 0.4) is 0 Å². The first-order valence-corrected chi connectivity index (χ1v) is 6.93. The molecule has 0 aliphatic heterocycles. The minimum Gasteiger partial charge on any atom is -0.339 e. The fourth-order valence-corrected chi connectivity index (χ4v) is 2.90. The SMILES string of the molecule is CN(C(=O)c1[c]cc2ccccc2c1)C1CCCC1. The molecule has 19 heavy (non-hydrogen) atoms. The Hall–Kier alpha value is -1.83. The highest BCUT2D eigenvalue weighted by Crippen LogP contribution is 2.24. The molecule has 0 heterocycles. The molecule has 2 aromatic rings. The van der Waals surface area contributed by atoms with Crippen LogP contribution in [-0.4, -0.2) is 23.9 Å². The zero-order valence-electron chi connectivity index (χ0n) is 11.2. The van der Waals surface area contributed by atoms with Crippen LogP contribution in [0.1, 0.15) is 36.0 Å². The van der Waals surface area contributed by atoms with Gasteiger partial charge in [0.1, 0.15) is 0 Å². The van der Waals surface area contributed by atoms with Gasteiger partial charge in [-0.2, -0.15) is 0 Å². The number of hydrogen-bond donors (Lipinski definition) is 0. The summed E-state index contributed by atoms with van der Waals surface area (Å²) < 4.78 is 0. The molecule has 0 N–H and O–H groups in total. The van der Waals surface area contributed by atoms with Crippen molar-refractivity contribution in [3.63, 3.8) is 0 Å². The number of rotatable bonds is 2. The monoisotopic (exact) mass is 252 g/mol. The van der Waals surface area contributed by atoms with E-state index in [1.165, 1.54) is 12.8 Å². The second kappa shape index (κ2) is 5.04. The molecule has 2 aromatic carbocycles. The van der Waals surface area contributed by atoms with E-state index < -0.39 is 0 Å². The molecular weight excluding hydrogens is 234 g/mol. The number of nitrogens with zero attached hydrogens (tertiary/aromatic N) is 1. The molecule has 0 bridgehead atoms. The van der Waals surface area contributed by atoms with Gasteiger partial charge < -0.3 is 4.90 Å². The van der Waals surface area contributed by atoms with Crippen molar-refractivity contribution in [3.8, 4) is 0 Å². The summed E-state index contributed by atoms with van der Waals surface area (Å²) in [5, 5.41) is 2.23. The average molecular weight is 252 g/mol. The molecule has 1 fully saturated rings. The lowest BCUT2D eigenvalue weighted by Gasteiger charge is -2.24. The Morgan fingerprint density at radius 3 is 2.63 bits per heavy atom. The van der Waals surface area contributed by atoms with Gasteiger partial charge in [0.25, 0.3) is 5.91 Å². The first kappa shape index (κ1) is 12.2. The third-order valence-electron chi connectivity index (χ3n) is 4.10. The van der Waals surface area contributed by atoms with Gasteiger partial charge in [-0.15, -0.1) is 0 Å². The van der Waals surface area contributed by atoms with Crippen LogP contribution in [0.4, 0.5) is 0 Å². The standard InChI is InChI=1S/C17H18NO/c1-18(16-8-4-5-9-16)17(19)15-11-10-13-6-2-3-7-14(13)12-15/h2-3,6-7,10,12,16H,4-5,8-9H2,1H3. The van der Waals surface area contributed by atoms with Gasteiger partial charge >= 0.3 is 0 Å². The molecule has 1 amide bonds. The zero-order chi connectivity index (χ0) is 13.2. The maximum Gasteiger partial charge on any atom is 0.254 e. The molecular formula is C17H18NO. The van der Waals surface area contributed by atoms with Crippen LogP contribution in [0.2, 0.25) is 0 Å². The minimum absolute atomic E-state index is 0.0950. The second-order valence-corrected chi connectivity index (χ2v) is 5.33. The number of fused-ring (bicyclic) bond motifs is 1. The van der Waals surface area contributed by atoms with Crippen LogP contribution in [0, 0.1) is 6.07 Å². The largest absolute Gasteiger partial charge is 0.339 e. The highest BCUT2D eigenvalue weighted by atomic mass is 16.2. The third-order valence-corrected chi connectivity index (χ3v) is 4.10. The van der Waals surface area contributed by atoms with E-state index in [1.54, 1.807) is 0 Å². The van der Waals surface area contributed by atoms with Gasteiger partial charge in [0, 0.05) is 18.7 Å². The summed E-state index contributed by atoms with van der Waals surface area (Å²) in [5.41, 5.74) is 0.674. The Kier molecular flexibility index (Phi) is 3.24. The fraction of sp³-hybridized carbons (Fsp3) is 0.353. The number of carbonyl (C=O) groups excluding carboxylic acids is 1. The summed E-state index contributed by atoms with van der Waals surface area (Å²) in [6.45, 7) is 0. The topological polar surface area (TPSA) is 20.3 Å².